The van der Waals surface area contributed by atoms with Gasteiger partial charge in [-0.3, -0.25) is 19.5 Å². The molecule has 0 amide bonds. The molecule has 0 aliphatic carbocycles. The normalized spacial score (nSPS) is 15.4. The molecule has 1 aliphatic heterocycles. The number of furan rings is 1. The quantitative estimate of drug-likeness (QED) is 0.171. The zero-order valence-electron chi connectivity index (χ0n) is 20.8. The Morgan fingerprint density at radius 2 is 1.90 bits per heavy atom. The van der Waals surface area contributed by atoms with Gasteiger partial charge in [0.2, 0.25) is 0 Å². The van der Waals surface area contributed by atoms with Gasteiger partial charge in [-0.05, 0) is 42.8 Å². The summed E-state index contributed by atoms with van der Waals surface area (Å²) < 4.78 is 54.3. The first-order chi connectivity index (χ1) is 19.5. The summed E-state index contributed by atoms with van der Waals surface area (Å²) in [5, 5.41) is 11.7. The maximum absolute atomic E-state index is 14.2. The van der Waals surface area contributed by atoms with Crippen LogP contribution in [-0.2, 0) is 9.53 Å². The zero-order chi connectivity index (χ0) is 29.5. The molecule has 0 radical (unpaired) electrons. The van der Waals surface area contributed by atoms with E-state index in [2.05, 4.69) is 4.99 Å². The van der Waals surface area contributed by atoms with Crippen LogP contribution in [-0.4, -0.2) is 28.2 Å². The molecule has 210 valence electrons. The van der Waals surface area contributed by atoms with E-state index in [1.807, 2.05) is 0 Å². The average molecular weight is 604 g/mol. The third-order valence-electron chi connectivity index (χ3n) is 6.05. The maximum Gasteiger partial charge on any atom is 0.434 e. The van der Waals surface area contributed by atoms with Crippen molar-refractivity contribution in [3.63, 3.8) is 0 Å². The number of hydrogen-bond acceptors (Lipinski definition) is 8. The van der Waals surface area contributed by atoms with Gasteiger partial charge in [-0.2, -0.15) is 13.2 Å². The number of rotatable bonds is 6. The minimum absolute atomic E-state index is 0.0437. The summed E-state index contributed by atoms with van der Waals surface area (Å²) in [6.07, 6.45) is -3.75. The highest BCUT2D eigenvalue weighted by molar-refractivity contribution is 7.07. The van der Waals surface area contributed by atoms with Gasteiger partial charge in [-0.15, -0.1) is 0 Å². The van der Waals surface area contributed by atoms with E-state index in [-0.39, 0.29) is 44.3 Å². The highest BCUT2D eigenvalue weighted by Gasteiger charge is 2.45. The standard InChI is InChI=1S/C27H17ClF3N3O6S/c1-2-39-25(36)21-22(14-7-9-15(28)10-8-14)33-24(35)20(41-26(33)32-23(21)27(29,30)31)13-16-11-12-19(40-16)17-5-3-4-6-18(17)34(37)38/h3-13,22H,2H2,1H3/b20-13-/t22-/m0/s1. The summed E-state index contributed by atoms with van der Waals surface area (Å²) in [7, 11) is 0. The van der Waals surface area contributed by atoms with Gasteiger partial charge in [0.1, 0.15) is 11.5 Å². The predicted molar refractivity (Wildman–Crippen MR) is 143 cm³/mol. The minimum Gasteiger partial charge on any atom is -0.463 e. The maximum atomic E-state index is 14.2. The van der Waals surface area contributed by atoms with Crippen LogP contribution in [0.4, 0.5) is 18.9 Å². The second-order valence-corrected chi connectivity index (χ2v) is 10.0. The van der Waals surface area contributed by atoms with Gasteiger partial charge in [0, 0.05) is 17.2 Å². The minimum atomic E-state index is -5.04. The third-order valence-corrected chi connectivity index (χ3v) is 7.28. The molecule has 1 aliphatic rings. The van der Waals surface area contributed by atoms with Crippen LogP contribution >= 0.6 is 22.9 Å². The van der Waals surface area contributed by atoms with Crippen LogP contribution in [0.15, 0.2) is 86.1 Å². The van der Waals surface area contributed by atoms with E-state index in [1.54, 1.807) is 6.07 Å². The van der Waals surface area contributed by atoms with E-state index >= 15 is 0 Å². The van der Waals surface area contributed by atoms with E-state index < -0.39 is 39.9 Å². The van der Waals surface area contributed by atoms with Crippen LogP contribution < -0.4 is 14.9 Å². The van der Waals surface area contributed by atoms with Crippen LogP contribution in [0.25, 0.3) is 17.4 Å². The van der Waals surface area contributed by atoms with Crippen molar-refractivity contribution in [1.29, 1.82) is 0 Å². The molecule has 0 bridgehead atoms. The second-order valence-electron chi connectivity index (χ2n) is 8.59. The molecule has 0 N–H and O–H groups in total. The summed E-state index contributed by atoms with van der Waals surface area (Å²) in [5.74, 6) is -0.996. The summed E-state index contributed by atoms with van der Waals surface area (Å²) >= 11 is 6.64. The van der Waals surface area contributed by atoms with Gasteiger partial charge in [-0.1, -0.05) is 47.2 Å². The number of fused-ring (bicyclic) bond motifs is 1. The molecule has 2 aromatic carbocycles. The molecule has 2 aromatic heterocycles. The number of nitro groups is 1. The molecule has 41 heavy (non-hydrogen) atoms. The molecule has 5 rings (SSSR count). The van der Waals surface area contributed by atoms with Crippen LogP contribution in [0.3, 0.4) is 0 Å². The van der Waals surface area contributed by atoms with E-state index in [9.17, 15) is 32.9 Å². The lowest BCUT2D eigenvalue weighted by Crippen LogP contribution is -2.41. The second kappa shape index (κ2) is 10.8. The Balaban J connectivity index is 1.71. The molecule has 0 fully saturated rings. The molecule has 9 nitrogen and oxygen atoms in total. The largest absolute Gasteiger partial charge is 0.463 e. The first-order valence-electron chi connectivity index (χ1n) is 11.9. The monoisotopic (exact) mass is 603 g/mol. The number of benzene rings is 2. The predicted octanol–water partition coefficient (Wildman–Crippen LogP) is 5.16. The fraction of sp³-hybridized carbons (Fsp3) is 0.148. The summed E-state index contributed by atoms with van der Waals surface area (Å²) in [4.78, 5) is 40.8. The Morgan fingerprint density at radius 3 is 2.56 bits per heavy atom. The zero-order valence-corrected chi connectivity index (χ0v) is 22.4. The summed E-state index contributed by atoms with van der Waals surface area (Å²) in [6, 6.07) is 13.0. The van der Waals surface area contributed by atoms with E-state index in [1.165, 1.54) is 67.6 Å². The number of nitro benzene ring substituents is 1. The van der Waals surface area contributed by atoms with E-state index in [0.717, 1.165) is 4.57 Å². The van der Waals surface area contributed by atoms with Gasteiger partial charge in [-0.25, -0.2) is 9.79 Å². The molecule has 1 atom stereocenters. The first kappa shape index (κ1) is 28.1. The number of halogens is 4. The number of para-hydroxylation sites is 1. The Morgan fingerprint density at radius 1 is 1.20 bits per heavy atom. The van der Waals surface area contributed by atoms with E-state index in [4.69, 9.17) is 20.8 Å². The van der Waals surface area contributed by atoms with Crippen LogP contribution in [0.5, 0.6) is 0 Å². The highest BCUT2D eigenvalue weighted by atomic mass is 35.5. The number of nitrogens with zero attached hydrogens (tertiary/aromatic N) is 3. The first-order valence-corrected chi connectivity index (χ1v) is 13.1. The lowest BCUT2D eigenvalue weighted by molar-refractivity contribution is -0.384. The van der Waals surface area contributed by atoms with Gasteiger partial charge in [0.25, 0.3) is 11.2 Å². The fourth-order valence-electron chi connectivity index (χ4n) is 4.35. The van der Waals surface area contributed by atoms with Crippen molar-refractivity contribution in [2.24, 2.45) is 4.99 Å². The third kappa shape index (κ3) is 5.33. The van der Waals surface area contributed by atoms with Crippen molar-refractivity contribution in [1.82, 2.24) is 4.57 Å². The molecule has 0 saturated heterocycles. The lowest BCUT2D eigenvalue weighted by atomic mass is 9.95. The average Bonchev–Trinajstić information content (AvgIpc) is 3.52. The topological polar surface area (TPSA) is 117 Å². The van der Waals surface area contributed by atoms with Crippen molar-refractivity contribution in [2.75, 3.05) is 6.61 Å². The van der Waals surface area contributed by atoms with Crippen molar-refractivity contribution < 1.29 is 32.0 Å². The number of thiazole rings is 1. The molecule has 4 aromatic rings. The van der Waals surface area contributed by atoms with Crippen molar-refractivity contribution in [2.45, 2.75) is 19.1 Å². The number of carbonyl (C=O) groups excluding carboxylic acids is 1. The van der Waals surface area contributed by atoms with Gasteiger partial charge in [0.15, 0.2) is 10.5 Å². The smallest absolute Gasteiger partial charge is 0.434 e. The Kier molecular flexibility index (Phi) is 7.41. The van der Waals surface area contributed by atoms with Crippen molar-refractivity contribution >= 4 is 40.7 Å². The van der Waals surface area contributed by atoms with Crippen LogP contribution in [0.1, 0.15) is 24.3 Å². The Bertz CT molecular complexity index is 1890. The van der Waals surface area contributed by atoms with Crippen molar-refractivity contribution in [3.8, 4) is 11.3 Å². The van der Waals surface area contributed by atoms with E-state index in [0.29, 0.717) is 16.4 Å². The number of esters is 1. The van der Waals surface area contributed by atoms with Gasteiger partial charge < -0.3 is 9.15 Å². The van der Waals surface area contributed by atoms with Crippen LogP contribution in [0, 0.1) is 10.1 Å². The Labute approximate surface area is 237 Å². The number of carbonyl (C=O) groups is 1. The SMILES string of the molecule is CCOC(=O)C1=C(C(F)(F)F)N=c2s/c(=C\c3ccc(-c4ccccc4[N+](=O)[O-])o3)c(=O)n2[C@H]1c1ccc(Cl)cc1. The molecule has 0 unspecified atom stereocenters. The van der Waals surface area contributed by atoms with Gasteiger partial charge in [0.05, 0.1) is 33.2 Å². The number of allylic oxidation sites excluding steroid dienone is 1. The summed E-state index contributed by atoms with van der Waals surface area (Å²) in [5.41, 5.74) is -2.85. The molecule has 14 heteroatoms. The lowest BCUT2D eigenvalue weighted by Gasteiger charge is -2.26. The number of ether oxygens (including phenoxy) is 1. The summed E-state index contributed by atoms with van der Waals surface area (Å²) in [6.45, 7) is 1.24. The Hall–Kier alpha value is -4.49. The van der Waals surface area contributed by atoms with Gasteiger partial charge >= 0.3 is 12.1 Å². The molecular formula is C27H17ClF3N3O6S. The van der Waals surface area contributed by atoms with Crippen LogP contribution in [0.2, 0.25) is 5.02 Å². The molecule has 0 saturated carbocycles. The molecule has 0 spiro atoms. The highest BCUT2D eigenvalue weighted by Crippen LogP contribution is 2.38. The molecular weight excluding hydrogens is 587 g/mol. The number of hydrogen-bond donors (Lipinski definition) is 0. The van der Waals surface area contributed by atoms with Crippen molar-refractivity contribution in [3.05, 3.63) is 118 Å². The molecule has 3 heterocycles. The number of alkyl halides is 3. The fourth-order valence-corrected chi connectivity index (χ4v) is 5.45. The number of aromatic nitrogens is 1.